The molecule has 2 rings (SSSR count). The first kappa shape index (κ1) is 13.6. The van der Waals surface area contributed by atoms with Crippen LogP contribution in [0.3, 0.4) is 0 Å². The minimum absolute atomic E-state index is 0.402. The van der Waals surface area contributed by atoms with Gasteiger partial charge in [0.1, 0.15) is 0 Å². The van der Waals surface area contributed by atoms with Gasteiger partial charge in [0.25, 0.3) is 0 Å². The molecule has 0 radical (unpaired) electrons. The molecule has 1 aromatic carbocycles. The van der Waals surface area contributed by atoms with Crippen LogP contribution in [0.5, 0.6) is 0 Å². The number of likely N-dealkylation sites (tertiary alicyclic amines) is 1. The van der Waals surface area contributed by atoms with Crippen LogP contribution in [0.25, 0.3) is 0 Å². The van der Waals surface area contributed by atoms with Crippen LogP contribution in [-0.2, 0) is 0 Å². The summed E-state index contributed by atoms with van der Waals surface area (Å²) >= 11 is 0. The van der Waals surface area contributed by atoms with Gasteiger partial charge in [-0.15, -0.1) is 0 Å². The summed E-state index contributed by atoms with van der Waals surface area (Å²) in [6.07, 6.45) is 3.89. The van der Waals surface area contributed by atoms with Crippen LogP contribution in [0.2, 0.25) is 0 Å². The summed E-state index contributed by atoms with van der Waals surface area (Å²) in [7, 11) is 0. The monoisotopic (exact) mass is 246 g/mol. The molecule has 0 saturated carbocycles. The molecule has 18 heavy (non-hydrogen) atoms. The van der Waals surface area contributed by atoms with Crippen molar-refractivity contribution in [2.45, 2.75) is 52.1 Å². The first-order chi connectivity index (χ1) is 8.69. The highest BCUT2D eigenvalue weighted by Crippen LogP contribution is 2.33. The molecule has 2 heteroatoms. The van der Waals surface area contributed by atoms with Gasteiger partial charge < -0.3 is 5.73 Å². The molecule has 1 aliphatic rings. The van der Waals surface area contributed by atoms with E-state index in [0.29, 0.717) is 6.04 Å². The molecule has 0 amide bonds. The van der Waals surface area contributed by atoms with E-state index in [9.17, 15) is 0 Å². The second kappa shape index (κ2) is 5.85. The normalized spacial score (nSPS) is 22.3. The highest BCUT2D eigenvalue weighted by atomic mass is 15.2. The Bertz CT molecular complexity index is 380. The third-order valence-corrected chi connectivity index (χ3v) is 4.39. The van der Waals surface area contributed by atoms with Gasteiger partial charge in [0, 0.05) is 18.6 Å². The van der Waals surface area contributed by atoms with Crippen LogP contribution >= 0.6 is 0 Å². The molecule has 0 bridgehead atoms. The van der Waals surface area contributed by atoms with Gasteiger partial charge in [-0.1, -0.05) is 25.1 Å². The van der Waals surface area contributed by atoms with Gasteiger partial charge in [-0.05, 0) is 56.3 Å². The topological polar surface area (TPSA) is 29.3 Å². The van der Waals surface area contributed by atoms with Crippen LogP contribution in [0.1, 0.15) is 48.9 Å². The average molecular weight is 246 g/mol. The summed E-state index contributed by atoms with van der Waals surface area (Å²) in [6, 6.07) is 7.68. The lowest BCUT2D eigenvalue weighted by Gasteiger charge is -2.34. The van der Waals surface area contributed by atoms with Gasteiger partial charge >= 0.3 is 0 Å². The fourth-order valence-corrected chi connectivity index (χ4v) is 3.48. The van der Waals surface area contributed by atoms with Crippen molar-refractivity contribution in [3.05, 3.63) is 34.9 Å². The molecule has 1 fully saturated rings. The predicted octanol–water partition coefficient (Wildman–Crippen LogP) is 3.18. The van der Waals surface area contributed by atoms with Crippen LogP contribution < -0.4 is 5.73 Å². The van der Waals surface area contributed by atoms with Crippen molar-refractivity contribution >= 4 is 0 Å². The smallest absolute Gasteiger partial charge is 0.0478 e. The minimum Gasteiger partial charge on any atom is -0.329 e. The van der Waals surface area contributed by atoms with Gasteiger partial charge in [-0.3, -0.25) is 4.90 Å². The van der Waals surface area contributed by atoms with E-state index in [-0.39, 0.29) is 0 Å². The Labute approximate surface area is 111 Å². The van der Waals surface area contributed by atoms with E-state index in [4.69, 9.17) is 5.73 Å². The van der Waals surface area contributed by atoms with E-state index < -0.39 is 0 Å². The molecule has 1 heterocycles. The first-order valence-corrected chi connectivity index (χ1v) is 7.21. The highest BCUT2D eigenvalue weighted by Gasteiger charge is 2.30. The van der Waals surface area contributed by atoms with Gasteiger partial charge in [-0.2, -0.15) is 0 Å². The van der Waals surface area contributed by atoms with Crippen molar-refractivity contribution in [2.24, 2.45) is 5.73 Å². The maximum absolute atomic E-state index is 6.10. The van der Waals surface area contributed by atoms with Crippen LogP contribution in [-0.4, -0.2) is 24.0 Å². The van der Waals surface area contributed by atoms with Crippen molar-refractivity contribution in [3.8, 4) is 0 Å². The third kappa shape index (κ3) is 2.45. The molecular formula is C16H26N2. The van der Waals surface area contributed by atoms with Crippen LogP contribution in [0.4, 0.5) is 0 Å². The van der Waals surface area contributed by atoms with Crippen molar-refractivity contribution in [3.63, 3.8) is 0 Å². The molecular weight excluding hydrogens is 220 g/mol. The zero-order valence-corrected chi connectivity index (χ0v) is 11.9. The van der Waals surface area contributed by atoms with E-state index in [2.05, 4.69) is 43.9 Å². The molecule has 100 valence electrons. The Balaban J connectivity index is 2.33. The molecule has 2 unspecified atom stereocenters. The van der Waals surface area contributed by atoms with E-state index in [1.807, 2.05) is 0 Å². The minimum atomic E-state index is 0.402. The molecule has 1 aliphatic heterocycles. The average Bonchev–Trinajstić information content (AvgIpc) is 2.82. The maximum atomic E-state index is 6.10. The van der Waals surface area contributed by atoms with E-state index in [1.54, 1.807) is 0 Å². The number of nitrogens with zero attached hydrogens (tertiary/aromatic N) is 1. The molecule has 2 N–H and O–H groups in total. The summed E-state index contributed by atoms with van der Waals surface area (Å²) < 4.78 is 0. The summed E-state index contributed by atoms with van der Waals surface area (Å²) in [4.78, 5) is 2.63. The molecule has 2 atom stereocenters. The lowest BCUT2D eigenvalue weighted by atomic mass is 9.94. The SMILES string of the molecule is CCC1CCCN1C(CN)c1c(C)cccc1C. The lowest BCUT2D eigenvalue weighted by Crippen LogP contribution is -2.37. The summed E-state index contributed by atoms with van der Waals surface area (Å²) in [5, 5.41) is 0. The Morgan fingerprint density at radius 1 is 1.33 bits per heavy atom. The fraction of sp³-hybridized carbons (Fsp3) is 0.625. The summed E-state index contributed by atoms with van der Waals surface area (Å²) in [5.74, 6) is 0. The summed E-state index contributed by atoms with van der Waals surface area (Å²) in [5.41, 5.74) is 10.3. The molecule has 0 aliphatic carbocycles. The zero-order valence-electron chi connectivity index (χ0n) is 11.9. The van der Waals surface area contributed by atoms with Crippen molar-refractivity contribution in [1.29, 1.82) is 0 Å². The van der Waals surface area contributed by atoms with Crippen molar-refractivity contribution < 1.29 is 0 Å². The van der Waals surface area contributed by atoms with Crippen molar-refractivity contribution in [2.75, 3.05) is 13.1 Å². The number of benzene rings is 1. The van der Waals surface area contributed by atoms with E-state index in [0.717, 1.165) is 12.6 Å². The van der Waals surface area contributed by atoms with Crippen LogP contribution in [0.15, 0.2) is 18.2 Å². The zero-order chi connectivity index (χ0) is 13.1. The molecule has 0 aromatic heterocycles. The third-order valence-electron chi connectivity index (χ3n) is 4.39. The number of aryl methyl sites for hydroxylation is 2. The number of nitrogens with two attached hydrogens (primary N) is 1. The first-order valence-electron chi connectivity index (χ1n) is 7.21. The fourth-order valence-electron chi connectivity index (χ4n) is 3.48. The van der Waals surface area contributed by atoms with Crippen LogP contribution in [0, 0.1) is 13.8 Å². The highest BCUT2D eigenvalue weighted by molar-refractivity contribution is 5.36. The Morgan fingerprint density at radius 2 is 2.00 bits per heavy atom. The van der Waals surface area contributed by atoms with Gasteiger partial charge in [-0.25, -0.2) is 0 Å². The number of hydrogen-bond donors (Lipinski definition) is 1. The second-order valence-electron chi connectivity index (χ2n) is 5.50. The Kier molecular flexibility index (Phi) is 4.41. The Morgan fingerprint density at radius 3 is 2.56 bits per heavy atom. The predicted molar refractivity (Wildman–Crippen MR) is 77.7 cm³/mol. The number of hydrogen-bond acceptors (Lipinski definition) is 2. The quantitative estimate of drug-likeness (QED) is 0.884. The lowest BCUT2D eigenvalue weighted by molar-refractivity contribution is 0.179. The largest absolute Gasteiger partial charge is 0.329 e. The molecule has 1 saturated heterocycles. The van der Waals surface area contributed by atoms with E-state index >= 15 is 0 Å². The van der Waals surface area contributed by atoms with Gasteiger partial charge in [0.05, 0.1) is 0 Å². The van der Waals surface area contributed by atoms with Crippen molar-refractivity contribution in [1.82, 2.24) is 4.90 Å². The second-order valence-corrected chi connectivity index (χ2v) is 5.50. The maximum Gasteiger partial charge on any atom is 0.0478 e. The molecule has 2 nitrogen and oxygen atoms in total. The Hall–Kier alpha value is -0.860. The molecule has 1 aromatic rings. The summed E-state index contributed by atoms with van der Waals surface area (Å²) in [6.45, 7) is 8.64. The van der Waals surface area contributed by atoms with Gasteiger partial charge in [0.15, 0.2) is 0 Å². The molecule has 0 spiro atoms. The number of rotatable bonds is 4. The standard InChI is InChI=1S/C16H26N2/c1-4-14-9-6-10-18(14)15(11-17)16-12(2)7-5-8-13(16)3/h5,7-8,14-15H,4,6,9-11,17H2,1-3H3. The van der Waals surface area contributed by atoms with Gasteiger partial charge in [0.2, 0.25) is 0 Å². The van der Waals surface area contributed by atoms with E-state index in [1.165, 1.54) is 42.5 Å².